The summed E-state index contributed by atoms with van der Waals surface area (Å²) in [5.41, 5.74) is -0.0465. The summed E-state index contributed by atoms with van der Waals surface area (Å²) in [6.45, 7) is 9.93. The van der Waals surface area contributed by atoms with Gasteiger partial charge in [-0.3, -0.25) is 10.1 Å². The average molecular weight is 381 g/mol. The van der Waals surface area contributed by atoms with E-state index in [9.17, 15) is 9.18 Å². The van der Waals surface area contributed by atoms with Gasteiger partial charge in [0.2, 0.25) is 0 Å². The van der Waals surface area contributed by atoms with Gasteiger partial charge in [0.25, 0.3) is 11.9 Å². The van der Waals surface area contributed by atoms with Gasteiger partial charge in [0.05, 0.1) is 18.2 Å². The third-order valence-corrected chi connectivity index (χ3v) is 4.19. The Hall–Kier alpha value is -1.99. The summed E-state index contributed by atoms with van der Waals surface area (Å²) < 4.78 is 24.3. The van der Waals surface area contributed by atoms with E-state index < -0.39 is 11.7 Å². The molecular formula is C20H32FN3O3. The molecule has 0 radical (unpaired) electrons. The fourth-order valence-corrected chi connectivity index (χ4v) is 2.55. The fraction of sp³-hybridized carbons (Fsp3) is 0.600. The second-order valence-electron chi connectivity index (χ2n) is 6.23. The number of methoxy groups -OCH3 is 1. The third kappa shape index (κ3) is 8.97. The number of benzene rings is 1. The Morgan fingerprint density at radius 1 is 1.26 bits per heavy atom. The number of nitrogens with one attached hydrogen (secondary N) is 1. The Kier molecular flexibility index (Phi) is 11.3. The number of carbonyl (C=O) groups is 1. The standard InChI is InChI=1S/C20H32FN3O3/c1-5-24(6-2)13-9-10-16(3)22-20(27-15-14-26-4)23-19(25)17-11-7-8-12-18(17)21/h7-8,11-12,16H,5-6,9-10,13-15H2,1-4H3,(H,22,23,25)/t16-/m1/s1. The first kappa shape index (κ1) is 23.0. The van der Waals surface area contributed by atoms with Crippen LogP contribution in [-0.4, -0.2) is 62.8 Å². The molecule has 6 nitrogen and oxygen atoms in total. The van der Waals surface area contributed by atoms with Crippen LogP contribution in [0.1, 0.15) is 44.0 Å². The van der Waals surface area contributed by atoms with Crippen LogP contribution < -0.4 is 5.32 Å². The number of aliphatic imine (C=N–C) groups is 1. The third-order valence-electron chi connectivity index (χ3n) is 4.19. The van der Waals surface area contributed by atoms with Gasteiger partial charge in [-0.2, -0.15) is 0 Å². The molecule has 1 N–H and O–H groups in total. The maximum Gasteiger partial charge on any atom is 0.292 e. The molecule has 152 valence electrons. The van der Waals surface area contributed by atoms with E-state index >= 15 is 0 Å². The molecule has 0 unspecified atom stereocenters. The zero-order valence-corrected chi connectivity index (χ0v) is 16.8. The Morgan fingerprint density at radius 3 is 2.59 bits per heavy atom. The smallest absolute Gasteiger partial charge is 0.292 e. The van der Waals surface area contributed by atoms with Crippen LogP contribution >= 0.6 is 0 Å². The lowest BCUT2D eigenvalue weighted by Gasteiger charge is -2.18. The molecular weight excluding hydrogens is 349 g/mol. The van der Waals surface area contributed by atoms with E-state index in [1.54, 1.807) is 13.2 Å². The predicted octanol–water partition coefficient (Wildman–Crippen LogP) is 3.09. The van der Waals surface area contributed by atoms with Crippen LogP contribution in [-0.2, 0) is 9.47 Å². The van der Waals surface area contributed by atoms with Crippen molar-refractivity contribution in [1.29, 1.82) is 0 Å². The SMILES string of the molecule is CCN(CC)CCC[C@@H](C)N=C(NC(=O)c1ccccc1F)OCCOC. The number of carbonyl (C=O) groups excluding carboxylic acids is 1. The van der Waals surface area contributed by atoms with Crippen molar-refractivity contribution in [2.45, 2.75) is 39.7 Å². The molecule has 7 heteroatoms. The minimum Gasteiger partial charge on any atom is -0.463 e. The number of ether oxygens (including phenoxy) is 2. The average Bonchev–Trinajstić information content (AvgIpc) is 2.65. The van der Waals surface area contributed by atoms with E-state index in [0.29, 0.717) is 6.61 Å². The van der Waals surface area contributed by atoms with Crippen molar-refractivity contribution in [3.8, 4) is 0 Å². The predicted molar refractivity (Wildman–Crippen MR) is 106 cm³/mol. The lowest BCUT2D eigenvalue weighted by Crippen LogP contribution is -2.34. The van der Waals surface area contributed by atoms with Gasteiger partial charge in [-0.1, -0.05) is 26.0 Å². The lowest BCUT2D eigenvalue weighted by atomic mass is 10.2. The Balaban J connectivity index is 2.69. The Labute approximate surface area is 161 Å². The summed E-state index contributed by atoms with van der Waals surface area (Å²) in [5, 5.41) is 2.57. The number of nitrogens with zero attached hydrogens (tertiary/aromatic N) is 2. The van der Waals surface area contributed by atoms with Gasteiger partial charge < -0.3 is 14.4 Å². The first-order valence-electron chi connectivity index (χ1n) is 9.49. The van der Waals surface area contributed by atoms with Crippen LogP contribution in [0.25, 0.3) is 0 Å². The minimum absolute atomic E-state index is 0.0287. The first-order chi connectivity index (χ1) is 13.0. The summed E-state index contributed by atoms with van der Waals surface area (Å²) in [6.07, 6.45) is 1.86. The molecule has 1 rings (SSSR count). The summed E-state index contributed by atoms with van der Waals surface area (Å²) in [4.78, 5) is 19.1. The van der Waals surface area contributed by atoms with Crippen LogP contribution in [0.4, 0.5) is 4.39 Å². The van der Waals surface area contributed by atoms with Crippen molar-refractivity contribution < 1.29 is 18.7 Å². The summed E-state index contributed by atoms with van der Waals surface area (Å²) in [7, 11) is 1.56. The number of hydrogen-bond donors (Lipinski definition) is 1. The van der Waals surface area contributed by atoms with Gasteiger partial charge in [-0.25, -0.2) is 9.38 Å². The van der Waals surface area contributed by atoms with Crippen molar-refractivity contribution in [3.05, 3.63) is 35.6 Å². The Bertz CT molecular complexity index is 592. The van der Waals surface area contributed by atoms with Crippen molar-refractivity contribution in [3.63, 3.8) is 0 Å². The van der Waals surface area contributed by atoms with E-state index in [0.717, 1.165) is 32.5 Å². The quantitative estimate of drug-likeness (QED) is 0.363. The highest BCUT2D eigenvalue weighted by Crippen LogP contribution is 2.07. The molecule has 0 aliphatic carbocycles. The number of halogens is 1. The van der Waals surface area contributed by atoms with Crippen LogP contribution in [0, 0.1) is 5.82 Å². The van der Waals surface area contributed by atoms with Crippen LogP contribution in [0.5, 0.6) is 0 Å². The van der Waals surface area contributed by atoms with Gasteiger partial charge in [-0.15, -0.1) is 0 Å². The van der Waals surface area contributed by atoms with E-state index in [2.05, 4.69) is 29.1 Å². The molecule has 0 aromatic heterocycles. The van der Waals surface area contributed by atoms with Crippen molar-refractivity contribution in [2.75, 3.05) is 40.0 Å². The highest BCUT2D eigenvalue weighted by molar-refractivity contribution is 6.04. The highest BCUT2D eigenvalue weighted by atomic mass is 19.1. The van der Waals surface area contributed by atoms with Gasteiger partial charge in [0, 0.05) is 7.11 Å². The zero-order chi connectivity index (χ0) is 20.1. The topological polar surface area (TPSA) is 63.2 Å². The van der Waals surface area contributed by atoms with Gasteiger partial charge in [0.1, 0.15) is 12.4 Å². The normalized spacial score (nSPS) is 12.9. The summed E-state index contributed by atoms with van der Waals surface area (Å²) in [6, 6.07) is 5.87. The molecule has 1 aromatic rings. The van der Waals surface area contributed by atoms with E-state index in [4.69, 9.17) is 9.47 Å². The second kappa shape index (κ2) is 13.2. The molecule has 0 aliphatic rings. The van der Waals surface area contributed by atoms with Gasteiger partial charge in [-0.05, 0) is 51.5 Å². The van der Waals surface area contributed by atoms with E-state index in [-0.39, 0.29) is 24.2 Å². The molecule has 27 heavy (non-hydrogen) atoms. The molecule has 0 aliphatic heterocycles. The minimum atomic E-state index is -0.585. The van der Waals surface area contributed by atoms with Gasteiger partial charge >= 0.3 is 0 Å². The second-order valence-corrected chi connectivity index (χ2v) is 6.23. The van der Waals surface area contributed by atoms with E-state index in [1.807, 2.05) is 6.92 Å². The van der Waals surface area contributed by atoms with E-state index in [1.165, 1.54) is 18.2 Å². The highest BCUT2D eigenvalue weighted by Gasteiger charge is 2.15. The van der Waals surface area contributed by atoms with Crippen molar-refractivity contribution in [1.82, 2.24) is 10.2 Å². The molecule has 0 heterocycles. The molecule has 1 atom stereocenters. The number of hydrogen-bond acceptors (Lipinski definition) is 5. The number of amides is 1. The largest absolute Gasteiger partial charge is 0.463 e. The van der Waals surface area contributed by atoms with Crippen molar-refractivity contribution >= 4 is 11.9 Å². The van der Waals surface area contributed by atoms with Crippen LogP contribution in [0.3, 0.4) is 0 Å². The lowest BCUT2D eigenvalue weighted by molar-refractivity contribution is 0.0949. The van der Waals surface area contributed by atoms with Gasteiger partial charge in [0.15, 0.2) is 0 Å². The molecule has 1 aromatic carbocycles. The summed E-state index contributed by atoms with van der Waals surface area (Å²) >= 11 is 0. The fourth-order valence-electron chi connectivity index (χ4n) is 2.55. The maximum atomic E-state index is 13.8. The number of rotatable bonds is 11. The van der Waals surface area contributed by atoms with Crippen LogP contribution in [0.15, 0.2) is 29.3 Å². The van der Waals surface area contributed by atoms with Crippen molar-refractivity contribution in [2.24, 2.45) is 4.99 Å². The summed E-state index contributed by atoms with van der Waals surface area (Å²) in [5.74, 6) is -1.17. The molecule has 0 spiro atoms. The molecule has 0 saturated carbocycles. The molecule has 1 amide bonds. The monoisotopic (exact) mass is 381 g/mol. The number of amidine groups is 1. The Morgan fingerprint density at radius 2 is 1.96 bits per heavy atom. The maximum absolute atomic E-state index is 13.8. The molecule has 0 fully saturated rings. The molecule has 0 saturated heterocycles. The van der Waals surface area contributed by atoms with Crippen LogP contribution in [0.2, 0.25) is 0 Å². The molecule has 0 bridgehead atoms. The zero-order valence-electron chi connectivity index (χ0n) is 16.8. The first-order valence-corrected chi connectivity index (χ1v) is 9.49.